The van der Waals surface area contributed by atoms with E-state index in [1.165, 1.54) is 17.7 Å². The molecule has 0 heterocycles. The average molecular weight is 422 g/mol. The maximum atomic E-state index is 13.1. The van der Waals surface area contributed by atoms with Crippen LogP contribution in [-0.2, 0) is 6.61 Å². The summed E-state index contributed by atoms with van der Waals surface area (Å²) in [5, 5.41) is 2.96. The first-order chi connectivity index (χ1) is 14.9. The Kier molecular flexibility index (Phi) is 7.29. The predicted octanol–water partition coefficient (Wildman–Crippen LogP) is 5.91. The summed E-state index contributed by atoms with van der Waals surface area (Å²) in [7, 11) is 0. The fourth-order valence-corrected chi connectivity index (χ4v) is 3.21. The van der Waals surface area contributed by atoms with Crippen molar-refractivity contribution in [3.05, 3.63) is 94.3 Å². The summed E-state index contributed by atoms with van der Waals surface area (Å²) in [4.78, 5) is 12.8. The van der Waals surface area contributed by atoms with Gasteiger partial charge in [-0.25, -0.2) is 4.39 Å². The number of amides is 1. The van der Waals surface area contributed by atoms with Gasteiger partial charge in [0.1, 0.15) is 23.9 Å². The van der Waals surface area contributed by atoms with E-state index in [0.717, 1.165) is 22.4 Å². The third kappa shape index (κ3) is 5.85. The van der Waals surface area contributed by atoms with Crippen molar-refractivity contribution in [2.24, 2.45) is 0 Å². The molecule has 0 fully saturated rings. The van der Waals surface area contributed by atoms with Crippen LogP contribution in [0.25, 0.3) is 0 Å². The van der Waals surface area contributed by atoms with Crippen LogP contribution in [0.4, 0.5) is 4.39 Å². The van der Waals surface area contributed by atoms with Crippen LogP contribution in [0, 0.1) is 19.7 Å². The molecule has 0 aliphatic heterocycles. The first kappa shape index (κ1) is 22.3. The molecule has 0 aliphatic carbocycles. The van der Waals surface area contributed by atoms with Gasteiger partial charge in [0.25, 0.3) is 5.91 Å². The van der Waals surface area contributed by atoms with E-state index >= 15 is 0 Å². The lowest BCUT2D eigenvalue weighted by molar-refractivity contribution is 0.0939. The van der Waals surface area contributed by atoms with Gasteiger partial charge in [-0.15, -0.1) is 0 Å². The molecule has 162 valence electrons. The van der Waals surface area contributed by atoms with Gasteiger partial charge in [0, 0.05) is 11.1 Å². The molecule has 5 heteroatoms. The lowest BCUT2D eigenvalue weighted by Gasteiger charge is -2.16. The largest absolute Gasteiger partial charge is 0.493 e. The number of benzene rings is 3. The lowest BCUT2D eigenvalue weighted by Crippen LogP contribution is -2.26. The number of ether oxygens (including phenoxy) is 2. The number of hydrogen-bond acceptors (Lipinski definition) is 3. The SMILES string of the molecule is CCOc1ccc(C(=O)N[C@H](C)c2ccc(F)cc2)cc1COc1ccc(C)c(C)c1. The normalized spacial score (nSPS) is 11.6. The van der Waals surface area contributed by atoms with Gasteiger partial charge in [-0.2, -0.15) is 0 Å². The second kappa shape index (κ2) is 10.1. The highest BCUT2D eigenvalue weighted by molar-refractivity contribution is 5.94. The average Bonchev–Trinajstić information content (AvgIpc) is 2.76. The van der Waals surface area contributed by atoms with Crippen LogP contribution >= 0.6 is 0 Å². The minimum absolute atomic E-state index is 0.215. The van der Waals surface area contributed by atoms with Crippen molar-refractivity contribution >= 4 is 5.91 Å². The smallest absolute Gasteiger partial charge is 0.251 e. The fraction of sp³-hybridized carbons (Fsp3) is 0.269. The van der Waals surface area contributed by atoms with Crippen LogP contribution < -0.4 is 14.8 Å². The molecule has 0 radical (unpaired) electrons. The molecule has 0 saturated carbocycles. The number of aryl methyl sites for hydroxylation is 2. The number of hydrogen-bond donors (Lipinski definition) is 1. The van der Waals surface area contributed by atoms with Crippen LogP contribution in [0.1, 0.15) is 52.5 Å². The zero-order valence-corrected chi connectivity index (χ0v) is 18.4. The Morgan fingerprint density at radius 1 is 0.968 bits per heavy atom. The quantitative estimate of drug-likeness (QED) is 0.492. The number of carbonyl (C=O) groups excluding carboxylic acids is 1. The highest BCUT2D eigenvalue weighted by Crippen LogP contribution is 2.24. The molecule has 0 aliphatic rings. The van der Waals surface area contributed by atoms with Crippen molar-refractivity contribution in [3.63, 3.8) is 0 Å². The van der Waals surface area contributed by atoms with E-state index in [1.54, 1.807) is 30.3 Å². The van der Waals surface area contributed by atoms with Crippen molar-refractivity contribution in [2.45, 2.75) is 40.3 Å². The van der Waals surface area contributed by atoms with Crippen LogP contribution in [0.5, 0.6) is 11.5 Å². The molecule has 1 atom stereocenters. The summed E-state index contributed by atoms with van der Waals surface area (Å²) in [5.74, 6) is 0.939. The molecule has 0 spiro atoms. The number of carbonyl (C=O) groups is 1. The zero-order chi connectivity index (χ0) is 22.4. The minimum Gasteiger partial charge on any atom is -0.493 e. The summed E-state index contributed by atoms with van der Waals surface area (Å²) in [6.45, 7) is 8.68. The van der Waals surface area contributed by atoms with Crippen molar-refractivity contribution in [1.29, 1.82) is 0 Å². The van der Waals surface area contributed by atoms with Gasteiger partial charge in [0.05, 0.1) is 12.6 Å². The molecule has 0 aromatic heterocycles. The first-order valence-electron chi connectivity index (χ1n) is 10.4. The van der Waals surface area contributed by atoms with Crippen molar-refractivity contribution < 1.29 is 18.7 Å². The maximum absolute atomic E-state index is 13.1. The monoisotopic (exact) mass is 421 g/mol. The Labute approximate surface area is 183 Å². The maximum Gasteiger partial charge on any atom is 0.251 e. The molecule has 3 aromatic carbocycles. The van der Waals surface area contributed by atoms with Crippen molar-refractivity contribution in [2.75, 3.05) is 6.61 Å². The van der Waals surface area contributed by atoms with Gasteiger partial charge < -0.3 is 14.8 Å². The van der Waals surface area contributed by atoms with Gasteiger partial charge >= 0.3 is 0 Å². The molecule has 4 nitrogen and oxygen atoms in total. The van der Waals surface area contributed by atoms with Gasteiger partial charge in [0.2, 0.25) is 0 Å². The molecule has 3 rings (SSSR count). The van der Waals surface area contributed by atoms with Gasteiger partial charge in [-0.3, -0.25) is 4.79 Å². The standard InChI is InChI=1S/C26H28FNO3/c1-5-30-25-13-9-21(26(29)28-19(4)20-7-10-23(27)11-8-20)15-22(25)16-31-24-12-6-17(2)18(3)14-24/h6-15,19H,5,16H2,1-4H3,(H,28,29)/t19-/m1/s1. The van der Waals surface area contributed by atoms with E-state index in [-0.39, 0.29) is 24.4 Å². The number of rotatable bonds is 8. The second-order valence-electron chi connectivity index (χ2n) is 7.54. The topological polar surface area (TPSA) is 47.6 Å². The molecular formula is C26H28FNO3. The first-order valence-corrected chi connectivity index (χ1v) is 10.4. The van der Waals surface area contributed by atoms with Crippen LogP contribution in [0.2, 0.25) is 0 Å². The molecule has 3 aromatic rings. The van der Waals surface area contributed by atoms with Crippen molar-refractivity contribution in [3.8, 4) is 11.5 Å². The molecule has 1 amide bonds. The Balaban J connectivity index is 1.75. The van der Waals surface area contributed by atoms with E-state index in [4.69, 9.17) is 9.47 Å². The minimum atomic E-state index is -0.304. The zero-order valence-electron chi connectivity index (χ0n) is 18.4. The van der Waals surface area contributed by atoms with Gasteiger partial charge in [-0.05, 0) is 86.8 Å². The summed E-state index contributed by atoms with van der Waals surface area (Å²) in [6.07, 6.45) is 0. The van der Waals surface area contributed by atoms with E-state index in [2.05, 4.69) is 12.2 Å². The van der Waals surface area contributed by atoms with Crippen LogP contribution in [0.3, 0.4) is 0 Å². The Morgan fingerprint density at radius 3 is 2.39 bits per heavy atom. The third-order valence-electron chi connectivity index (χ3n) is 5.21. The summed E-state index contributed by atoms with van der Waals surface area (Å²) < 4.78 is 24.8. The van der Waals surface area contributed by atoms with E-state index in [0.29, 0.717) is 17.9 Å². The molecule has 0 bridgehead atoms. The summed E-state index contributed by atoms with van der Waals surface area (Å²) in [6, 6.07) is 17.1. The number of nitrogens with one attached hydrogen (secondary N) is 1. The van der Waals surface area contributed by atoms with E-state index in [9.17, 15) is 9.18 Å². The van der Waals surface area contributed by atoms with Gasteiger partial charge in [-0.1, -0.05) is 18.2 Å². The Bertz CT molecular complexity index is 1050. The number of halogens is 1. The van der Waals surface area contributed by atoms with E-state index in [1.807, 2.05) is 39.0 Å². The van der Waals surface area contributed by atoms with E-state index < -0.39 is 0 Å². The molecular weight excluding hydrogens is 393 g/mol. The Hall–Kier alpha value is -3.34. The molecule has 0 unspecified atom stereocenters. The fourth-order valence-electron chi connectivity index (χ4n) is 3.21. The lowest BCUT2D eigenvalue weighted by atomic mass is 10.1. The highest BCUT2D eigenvalue weighted by Gasteiger charge is 2.15. The highest BCUT2D eigenvalue weighted by atomic mass is 19.1. The van der Waals surface area contributed by atoms with Gasteiger partial charge in [0.15, 0.2) is 0 Å². The molecule has 1 N–H and O–H groups in total. The van der Waals surface area contributed by atoms with Crippen LogP contribution in [-0.4, -0.2) is 12.5 Å². The summed E-state index contributed by atoms with van der Waals surface area (Å²) in [5.41, 5.74) is 4.50. The van der Waals surface area contributed by atoms with Crippen molar-refractivity contribution in [1.82, 2.24) is 5.32 Å². The third-order valence-corrected chi connectivity index (χ3v) is 5.21. The predicted molar refractivity (Wildman–Crippen MR) is 120 cm³/mol. The summed E-state index contributed by atoms with van der Waals surface area (Å²) >= 11 is 0. The van der Waals surface area contributed by atoms with Crippen LogP contribution in [0.15, 0.2) is 60.7 Å². The Morgan fingerprint density at radius 2 is 1.71 bits per heavy atom. The second-order valence-corrected chi connectivity index (χ2v) is 7.54. The molecule has 31 heavy (non-hydrogen) atoms. The molecule has 0 saturated heterocycles.